The predicted molar refractivity (Wildman–Crippen MR) is 106 cm³/mol. The second-order valence-electron chi connectivity index (χ2n) is 7.60. The van der Waals surface area contributed by atoms with E-state index in [9.17, 15) is 0 Å². The summed E-state index contributed by atoms with van der Waals surface area (Å²) in [5, 5.41) is 2.06. The lowest BCUT2D eigenvalue weighted by Gasteiger charge is -2.49. The molecule has 3 aromatic heterocycles. The van der Waals surface area contributed by atoms with Crippen molar-refractivity contribution in [3.05, 3.63) is 53.2 Å². The summed E-state index contributed by atoms with van der Waals surface area (Å²) in [5.74, 6) is 0.821. The number of aromatic nitrogens is 4. The second kappa shape index (κ2) is 6.82. The highest BCUT2D eigenvalue weighted by molar-refractivity contribution is 7.13. The summed E-state index contributed by atoms with van der Waals surface area (Å²) in [4.78, 5) is 23.3. The van der Waals surface area contributed by atoms with Gasteiger partial charge in [-0.05, 0) is 31.3 Å². The van der Waals surface area contributed by atoms with Crippen molar-refractivity contribution in [2.45, 2.75) is 31.3 Å². The van der Waals surface area contributed by atoms with Gasteiger partial charge in [0, 0.05) is 56.3 Å². The Bertz CT molecular complexity index is 893. The van der Waals surface area contributed by atoms with Crippen LogP contribution in [0.5, 0.6) is 0 Å². The number of H-pyrrole nitrogens is 1. The van der Waals surface area contributed by atoms with Gasteiger partial charge in [0.05, 0.1) is 22.4 Å². The molecule has 0 amide bonds. The van der Waals surface area contributed by atoms with Crippen molar-refractivity contribution in [1.82, 2.24) is 29.7 Å². The standard InChI is InChI=1S/C20H24N6S/c1-25-7-4-16-18(24-14-23-16)20(25)5-8-26(9-6-20)13-15-11-21-19(22-12-15)17-3-2-10-27-17/h2-3,10-12,14H,4-9,13H2,1H3,(H,23,24). The summed E-state index contributed by atoms with van der Waals surface area (Å²) in [6.45, 7) is 4.16. The molecule has 3 aromatic rings. The average molecular weight is 381 g/mol. The first-order valence-corrected chi connectivity index (χ1v) is 10.4. The lowest BCUT2D eigenvalue weighted by Crippen LogP contribution is -2.54. The zero-order valence-electron chi connectivity index (χ0n) is 15.6. The van der Waals surface area contributed by atoms with Crippen LogP contribution in [0.25, 0.3) is 10.7 Å². The maximum Gasteiger partial charge on any atom is 0.169 e. The van der Waals surface area contributed by atoms with E-state index in [-0.39, 0.29) is 5.54 Å². The molecule has 2 aliphatic rings. The topological polar surface area (TPSA) is 60.9 Å². The second-order valence-corrected chi connectivity index (χ2v) is 8.55. The molecule has 1 N–H and O–H groups in total. The van der Waals surface area contributed by atoms with Crippen LogP contribution in [0.15, 0.2) is 36.2 Å². The van der Waals surface area contributed by atoms with Gasteiger partial charge >= 0.3 is 0 Å². The molecule has 0 aromatic carbocycles. The van der Waals surface area contributed by atoms with Crippen LogP contribution < -0.4 is 0 Å². The van der Waals surface area contributed by atoms with Crippen molar-refractivity contribution < 1.29 is 0 Å². The van der Waals surface area contributed by atoms with Crippen LogP contribution in [0.2, 0.25) is 0 Å². The Labute approximate surface area is 163 Å². The smallest absolute Gasteiger partial charge is 0.169 e. The van der Waals surface area contributed by atoms with Gasteiger partial charge in [0.15, 0.2) is 5.82 Å². The molecular weight excluding hydrogens is 356 g/mol. The number of piperidine rings is 1. The lowest BCUT2D eigenvalue weighted by atomic mass is 9.79. The number of fused-ring (bicyclic) bond motifs is 2. The number of hydrogen-bond acceptors (Lipinski definition) is 6. The molecule has 1 fully saturated rings. The number of imidazole rings is 1. The van der Waals surface area contributed by atoms with Gasteiger partial charge in [-0.25, -0.2) is 15.0 Å². The van der Waals surface area contributed by atoms with Crippen LogP contribution in [0, 0.1) is 0 Å². The molecule has 0 unspecified atom stereocenters. The van der Waals surface area contributed by atoms with Gasteiger partial charge in [-0.15, -0.1) is 11.3 Å². The maximum atomic E-state index is 4.69. The van der Waals surface area contributed by atoms with Crippen molar-refractivity contribution in [3.63, 3.8) is 0 Å². The number of likely N-dealkylation sites (tertiary alicyclic amines) is 1. The molecule has 27 heavy (non-hydrogen) atoms. The number of nitrogens with one attached hydrogen (secondary N) is 1. The number of hydrogen-bond donors (Lipinski definition) is 1. The van der Waals surface area contributed by atoms with Gasteiger partial charge < -0.3 is 4.98 Å². The number of rotatable bonds is 3. The summed E-state index contributed by atoms with van der Waals surface area (Å²) in [7, 11) is 2.25. The Kier molecular flexibility index (Phi) is 4.30. The molecular formula is C20H24N6S. The molecule has 5 heterocycles. The summed E-state index contributed by atoms with van der Waals surface area (Å²) < 4.78 is 0. The molecule has 0 atom stereocenters. The SMILES string of the molecule is CN1CCc2[nH]cnc2C12CCN(Cc1cnc(-c3cccs3)nc1)CC2. The third-order valence-electron chi connectivity index (χ3n) is 6.12. The molecule has 7 heteroatoms. The van der Waals surface area contributed by atoms with E-state index in [2.05, 4.69) is 43.2 Å². The Morgan fingerprint density at radius 1 is 1.15 bits per heavy atom. The van der Waals surface area contributed by atoms with E-state index in [1.165, 1.54) is 17.0 Å². The third-order valence-corrected chi connectivity index (χ3v) is 6.99. The number of thiophene rings is 1. The predicted octanol–water partition coefficient (Wildman–Crippen LogP) is 2.91. The molecule has 1 spiro atoms. The van der Waals surface area contributed by atoms with Crippen LogP contribution in [0.3, 0.4) is 0 Å². The first-order valence-electron chi connectivity index (χ1n) is 9.56. The highest BCUT2D eigenvalue weighted by Crippen LogP contribution is 2.41. The largest absolute Gasteiger partial charge is 0.348 e. The van der Waals surface area contributed by atoms with Gasteiger partial charge in [0.2, 0.25) is 0 Å². The zero-order valence-corrected chi connectivity index (χ0v) is 16.4. The van der Waals surface area contributed by atoms with E-state index in [0.717, 1.165) is 56.1 Å². The summed E-state index contributed by atoms with van der Waals surface area (Å²) in [6.07, 6.45) is 9.14. The zero-order chi connectivity index (χ0) is 18.3. The summed E-state index contributed by atoms with van der Waals surface area (Å²) in [6, 6.07) is 4.10. The lowest BCUT2D eigenvalue weighted by molar-refractivity contribution is 0.0221. The van der Waals surface area contributed by atoms with Crippen molar-refractivity contribution in [2.24, 2.45) is 0 Å². The summed E-state index contributed by atoms with van der Waals surface area (Å²) >= 11 is 1.68. The minimum atomic E-state index is 0.101. The molecule has 0 radical (unpaired) electrons. The molecule has 2 aliphatic heterocycles. The van der Waals surface area contributed by atoms with E-state index in [1.807, 2.05) is 24.8 Å². The number of aromatic amines is 1. The van der Waals surface area contributed by atoms with Crippen LogP contribution in [-0.4, -0.2) is 56.4 Å². The maximum absolute atomic E-state index is 4.69. The first-order chi connectivity index (χ1) is 13.2. The van der Waals surface area contributed by atoms with Crippen molar-refractivity contribution in [2.75, 3.05) is 26.7 Å². The highest BCUT2D eigenvalue weighted by Gasteiger charge is 2.44. The fourth-order valence-electron chi connectivity index (χ4n) is 4.51. The Morgan fingerprint density at radius 3 is 2.70 bits per heavy atom. The molecule has 140 valence electrons. The quantitative estimate of drug-likeness (QED) is 0.757. The first kappa shape index (κ1) is 17.0. The number of likely N-dealkylation sites (N-methyl/N-ethyl adjacent to an activating group) is 1. The van der Waals surface area contributed by atoms with Gasteiger partial charge in [-0.2, -0.15) is 0 Å². The molecule has 6 nitrogen and oxygen atoms in total. The van der Waals surface area contributed by atoms with E-state index >= 15 is 0 Å². The van der Waals surface area contributed by atoms with Gasteiger partial charge in [-0.1, -0.05) is 6.07 Å². The van der Waals surface area contributed by atoms with Crippen LogP contribution in [0.4, 0.5) is 0 Å². The summed E-state index contributed by atoms with van der Waals surface area (Å²) in [5.41, 5.74) is 3.89. The number of nitrogens with zero attached hydrogens (tertiary/aromatic N) is 5. The van der Waals surface area contributed by atoms with Gasteiger partial charge in [0.25, 0.3) is 0 Å². The molecule has 0 saturated carbocycles. The average Bonchev–Trinajstić information content (AvgIpc) is 3.39. The van der Waals surface area contributed by atoms with Gasteiger partial charge in [-0.3, -0.25) is 9.80 Å². The monoisotopic (exact) mass is 380 g/mol. The molecule has 0 aliphatic carbocycles. The normalized spacial score (nSPS) is 20.0. The Balaban J connectivity index is 1.26. The Morgan fingerprint density at radius 2 is 1.96 bits per heavy atom. The molecule has 1 saturated heterocycles. The third kappa shape index (κ3) is 2.99. The van der Waals surface area contributed by atoms with Gasteiger partial charge in [0.1, 0.15) is 0 Å². The Hall–Kier alpha value is -2.09. The van der Waals surface area contributed by atoms with E-state index in [0.29, 0.717) is 0 Å². The minimum absolute atomic E-state index is 0.101. The van der Waals surface area contributed by atoms with Crippen molar-refractivity contribution in [1.29, 1.82) is 0 Å². The molecule has 5 rings (SSSR count). The van der Waals surface area contributed by atoms with Crippen LogP contribution >= 0.6 is 11.3 Å². The molecule has 0 bridgehead atoms. The minimum Gasteiger partial charge on any atom is -0.348 e. The van der Waals surface area contributed by atoms with Crippen molar-refractivity contribution in [3.8, 4) is 10.7 Å². The van der Waals surface area contributed by atoms with E-state index in [1.54, 1.807) is 11.3 Å². The highest BCUT2D eigenvalue weighted by atomic mass is 32.1. The van der Waals surface area contributed by atoms with Crippen LogP contribution in [0.1, 0.15) is 29.8 Å². The van der Waals surface area contributed by atoms with Crippen LogP contribution in [-0.2, 0) is 18.5 Å². The van der Waals surface area contributed by atoms with E-state index < -0.39 is 0 Å². The fourth-order valence-corrected chi connectivity index (χ4v) is 5.19. The van der Waals surface area contributed by atoms with Crippen molar-refractivity contribution >= 4 is 11.3 Å². The fraction of sp³-hybridized carbons (Fsp3) is 0.450. The van der Waals surface area contributed by atoms with E-state index in [4.69, 9.17) is 4.98 Å².